The minimum Gasteiger partial charge on any atom is -0.394 e. The fourth-order valence-electron chi connectivity index (χ4n) is 12.9. The van der Waals surface area contributed by atoms with Gasteiger partial charge < -0.3 is 59.1 Å². The molecular formula is C39H62O13. The highest BCUT2D eigenvalue weighted by Gasteiger charge is 2.70. The van der Waals surface area contributed by atoms with Crippen LogP contribution in [0.2, 0.25) is 0 Å². The topological polar surface area (TPSA) is 194 Å². The van der Waals surface area contributed by atoms with E-state index >= 15 is 0 Å². The third kappa shape index (κ3) is 5.81. The molecule has 13 heteroatoms. The van der Waals surface area contributed by atoms with Crippen molar-refractivity contribution in [2.75, 3.05) is 13.2 Å². The molecular weight excluding hydrogens is 676 g/mol. The van der Waals surface area contributed by atoms with Crippen molar-refractivity contribution in [2.45, 2.75) is 172 Å². The van der Waals surface area contributed by atoms with Gasteiger partial charge in [-0.15, -0.1) is 0 Å². The maximum atomic E-state index is 14.3. The molecule has 52 heavy (non-hydrogen) atoms. The zero-order valence-corrected chi connectivity index (χ0v) is 31.3. The lowest BCUT2D eigenvalue weighted by molar-refractivity contribution is -0.370. The molecule has 6 N–H and O–H groups in total. The van der Waals surface area contributed by atoms with Gasteiger partial charge in [-0.2, -0.15) is 0 Å². The molecule has 22 atom stereocenters. The Morgan fingerprint density at radius 1 is 0.788 bits per heavy atom. The fraction of sp³-hybridized carbons (Fsp3) is 0.974. The van der Waals surface area contributed by atoms with Crippen molar-refractivity contribution >= 4 is 5.78 Å². The van der Waals surface area contributed by atoms with E-state index in [2.05, 4.69) is 27.7 Å². The summed E-state index contributed by atoms with van der Waals surface area (Å²) in [6, 6.07) is 0. The Morgan fingerprint density at radius 3 is 2.25 bits per heavy atom. The van der Waals surface area contributed by atoms with E-state index < -0.39 is 79.9 Å². The average Bonchev–Trinajstić information content (AvgIpc) is 3.56. The first-order valence-corrected chi connectivity index (χ1v) is 20.1. The maximum Gasteiger partial charge on any atom is 0.187 e. The molecule has 1 spiro atoms. The van der Waals surface area contributed by atoms with Crippen molar-refractivity contribution in [1.29, 1.82) is 0 Å². The van der Waals surface area contributed by atoms with Gasteiger partial charge in [0, 0.05) is 24.7 Å². The van der Waals surface area contributed by atoms with E-state index in [-0.39, 0.29) is 28.6 Å². The summed E-state index contributed by atoms with van der Waals surface area (Å²) in [5.41, 5.74) is -0.0798. The Morgan fingerprint density at radius 2 is 1.54 bits per heavy atom. The number of aliphatic hydroxyl groups is 6. The van der Waals surface area contributed by atoms with Gasteiger partial charge >= 0.3 is 0 Å². The van der Waals surface area contributed by atoms with Gasteiger partial charge in [0.2, 0.25) is 0 Å². The predicted octanol–water partition coefficient (Wildman–Crippen LogP) is 1.65. The summed E-state index contributed by atoms with van der Waals surface area (Å²) in [4.78, 5) is 14.3. The minimum absolute atomic E-state index is 0.106. The number of carbonyl (C=O) groups is 1. The van der Waals surface area contributed by atoms with Crippen LogP contribution in [0.3, 0.4) is 0 Å². The molecule has 4 aliphatic heterocycles. The van der Waals surface area contributed by atoms with E-state index in [1.165, 1.54) is 6.92 Å². The Labute approximate surface area is 306 Å². The molecule has 0 aromatic rings. The zero-order chi connectivity index (χ0) is 37.1. The molecule has 4 saturated heterocycles. The number of carbonyl (C=O) groups excluding carboxylic acids is 1. The molecule has 8 rings (SSSR count). The van der Waals surface area contributed by atoms with Crippen LogP contribution >= 0.6 is 0 Å². The van der Waals surface area contributed by atoms with Crippen LogP contribution in [-0.2, 0) is 33.2 Å². The van der Waals surface area contributed by atoms with Crippen LogP contribution in [0.4, 0.5) is 0 Å². The van der Waals surface area contributed by atoms with E-state index in [4.69, 9.17) is 28.4 Å². The molecule has 0 aromatic carbocycles. The summed E-state index contributed by atoms with van der Waals surface area (Å²) < 4.78 is 37.4. The van der Waals surface area contributed by atoms with Crippen LogP contribution in [0.25, 0.3) is 0 Å². The van der Waals surface area contributed by atoms with Crippen LogP contribution in [0.5, 0.6) is 0 Å². The van der Waals surface area contributed by atoms with Gasteiger partial charge in [-0.05, 0) is 92.3 Å². The van der Waals surface area contributed by atoms with Crippen LogP contribution in [0, 0.1) is 52.3 Å². The van der Waals surface area contributed by atoms with Crippen LogP contribution < -0.4 is 0 Å². The monoisotopic (exact) mass is 738 g/mol. The fourth-order valence-corrected chi connectivity index (χ4v) is 12.9. The van der Waals surface area contributed by atoms with E-state index in [0.29, 0.717) is 54.8 Å². The summed E-state index contributed by atoms with van der Waals surface area (Å²) >= 11 is 0. The average molecular weight is 739 g/mol. The number of hydrogen-bond acceptors (Lipinski definition) is 13. The number of fused-ring (bicyclic) bond motifs is 7. The molecule has 0 amide bonds. The van der Waals surface area contributed by atoms with Gasteiger partial charge in [0.05, 0.1) is 31.5 Å². The molecule has 22 unspecified atom stereocenters. The maximum absolute atomic E-state index is 14.3. The van der Waals surface area contributed by atoms with Crippen molar-refractivity contribution < 1.29 is 63.9 Å². The van der Waals surface area contributed by atoms with Crippen molar-refractivity contribution in [2.24, 2.45) is 52.3 Å². The lowest BCUT2D eigenvalue weighted by Gasteiger charge is -2.60. The standard InChI is InChI=1S/C39H62O13/c1-17-6-11-39(47-16-17)18(2)28-26(52-39)14-23-21-13-25(41)24-12-20(7-9-37(24,4)22(21)8-10-38(23,28)5)49-36-34(32(45)30(43)27(15-40)50-36)51-35-33(46)31(44)29(42)19(3)48-35/h17-24,26-36,40,42-46H,6-16H2,1-5H3. The quantitative estimate of drug-likeness (QED) is 0.223. The third-order valence-electron chi connectivity index (χ3n) is 15.9. The number of rotatable bonds is 5. The Hall–Kier alpha value is -0.810. The number of aliphatic hydroxyl groups excluding tert-OH is 6. The lowest BCUT2D eigenvalue weighted by Crippen LogP contribution is -2.64. The first kappa shape index (κ1) is 38.1. The first-order chi connectivity index (χ1) is 24.6. The molecule has 4 aliphatic carbocycles. The number of hydrogen-bond donors (Lipinski definition) is 6. The smallest absolute Gasteiger partial charge is 0.187 e. The second-order valence-corrected chi connectivity index (χ2v) is 18.6. The molecule has 4 saturated carbocycles. The predicted molar refractivity (Wildman–Crippen MR) is 182 cm³/mol. The van der Waals surface area contributed by atoms with Crippen LogP contribution in [0.15, 0.2) is 0 Å². The molecule has 0 bridgehead atoms. The van der Waals surface area contributed by atoms with Crippen molar-refractivity contribution in [1.82, 2.24) is 0 Å². The molecule has 8 fully saturated rings. The SMILES string of the molecule is CC1CCC2(OC1)OC1CC3C4CC(=O)C5CC(OC6OC(CO)C(O)C(O)C6OC6OC(C)C(O)C(O)C6O)CCC5(C)C4CCC3(C)C1C2C. The lowest BCUT2D eigenvalue weighted by atomic mass is 9.44. The van der Waals surface area contributed by atoms with E-state index in [0.717, 1.165) is 45.1 Å². The summed E-state index contributed by atoms with van der Waals surface area (Å²) in [5, 5.41) is 62.9. The minimum atomic E-state index is -1.65. The van der Waals surface area contributed by atoms with Gasteiger partial charge in [0.25, 0.3) is 0 Å². The highest BCUT2D eigenvalue weighted by molar-refractivity contribution is 5.83. The normalized spacial score (nSPS) is 59.1. The Balaban J connectivity index is 0.963. The Bertz CT molecular complexity index is 1320. The molecule has 0 aromatic heterocycles. The highest BCUT2D eigenvalue weighted by Crippen LogP contribution is 2.71. The molecule has 4 heterocycles. The van der Waals surface area contributed by atoms with Crippen molar-refractivity contribution in [3.05, 3.63) is 0 Å². The van der Waals surface area contributed by atoms with Gasteiger partial charge in [0.15, 0.2) is 18.4 Å². The zero-order valence-electron chi connectivity index (χ0n) is 31.3. The summed E-state index contributed by atoms with van der Waals surface area (Å²) in [6.07, 6.45) is -6.35. The van der Waals surface area contributed by atoms with E-state index in [1.54, 1.807) is 0 Å². The summed E-state index contributed by atoms with van der Waals surface area (Å²) in [5.74, 6) is 2.06. The highest BCUT2D eigenvalue weighted by atomic mass is 16.8. The molecule has 8 aliphatic rings. The Kier molecular flexibility index (Phi) is 10.0. The van der Waals surface area contributed by atoms with Crippen molar-refractivity contribution in [3.63, 3.8) is 0 Å². The molecule has 13 nitrogen and oxygen atoms in total. The van der Waals surface area contributed by atoms with Gasteiger partial charge in [-0.3, -0.25) is 4.79 Å². The van der Waals surface area contributed by atoms with E-state index in [1.807, 2.05) is 0 Å². The van der Waals surface area contributed by atoms with Gasteiger partial charge in [0.1, 0.15) is 48.5 Å². The number of ketones is 1. The van der Waals surface area contributed by atoms with Gasteiger partial charge in [-0.25, -0.2) is 0 Å². The van der Waals surface area contributed by atoms with Crippen LogP contribution in [0.1, 0.15) is 92.4 Å². The molecule has 296 valence electrons. The van der Waals surface area contributed by atoms with Crippen LogP contribution in [-0.4, -0.2) is 129 Å². The molecule has 0 radical (unpaired) electrons. The largest absolute Gasteiger partial charge is 0.394 e. The first-order valence-electron chi connectivity index (χ1n) is 20.1. The number of Topliss-reactive ketones (excluding diaryl/α,β-unsaturated/α-hetero) is 1. The number of ether oxygens (including phenoxy) is 6. The van der Waals surface area contributed by atoms with E-state index in [9.17, 15) is 35.4 Å². The second-order valence-electron chi connectivity index (χ2n) is 18.6. The third-order valence-corrected chi connectivity index (χ3v) is 15.9. The summed E-state index contributed by atoms with van der Waals surface area (Å²) in [6.45, 7) is 11.1. The summed E-state index contributed by atoms with van der Waals surface area (Å²) in [7, 11) is 0. The van der Waals surface area contributed by atoms with Gasteiger partial charge in [-0.1, -0.05) is 27.7 Å². The van der Waals surface area contributed by atoms with Crippen molar-refractivity contribution in [3.8, 4) is 0 Å². The second kappa shape index (κ2) is 13.7.